The van der Waals surface area contributed by atoms with Crippen LogP contribution in [0, 0.1) is 0 Å². The topological polar surface area (TPSA) is 78.9 Å². The Hall–Kier alpha value is -2.17. The summed E-state index contributed by atoms with van der Waals surface area (Å²) in [4.78, 5) is 23.3. The first kappa shape index (κ1) is 12.8. The van der Waals surface area contributed by atoms with Crippen LogP contribution in [0.25, 0.3) is 0 Å². The van der Waals surface area contributed by atoms with Gasteiger partial charge in [0.1, 0.15) is 5.82 Å². The van der Waals surface area contributed by atoms with Crippen molar-refractivity contribution in [2.45, 2.75) is 38.0 Å². The number of aromatic hydroxyl groups is 1. The third kappa shape index (κ3) is 2.57. The Morgan fingerprint density at radius 1 is 1.30 bits per heavy atom. The second-order valence-corrected chi connectivity index (χ2v) is 5.23. The molecule has 1 fully saturated rings. The molecular formula is C15H17N3O2. The van der Waals surface area contributed by atoms with Gasteiger partial charge < -0.3 is 10.1 Å². The summed E-state index contributed by atoms with van der Waals surface area (Å²) in [5.74, 6) is 0.481. The molecule has 2 N–H and O–H groups in total. The number of rotatable bonds is 3. The van der Waals surface area contributed by atoms with E-state index in [0.29, 0.717) is 17.8 Å². The molecule has 0 bridgehead atoms. The number of hydrogen-bond acceptors (Lipinski definition) is 4. The van der Waals surface area contributed by atoms with Gasteiger partial charge in [-0.25, -0.2) is 0 Å². The highest BCUT2D eigenvalue weighted by Gasteiger charge is 2.24. The Labute approximate surface area is 116 Å². The van der Waals surface area contributed by atoms with Gasteiger partial charge in [-0.2, -0.15) is 4.98 Å². The van der Waals surface area contributed by atoms with Crippen molar-refractivity contribution >= 4 is 0 Å². The van der Waals surface area contributed by atoms with E-state index in [1.54, 1.807) is 6.20 Å². The molecular weight excluding hydrogens is 254 g/mol. The molecule has 0 amide bonds. The maximum atomic E-state index is 12.2. The van der Waals surface area contributed by atoms with E-state index < -0.39 is 0 Å². The molecule has 3 rings (SSSR count). The molecule has 104 valence electrons. The van der Waals surface area contributed by atoms with Crippen LogP contribution in [0.5, 0.6) is 5.88 Å². The van der Waals surface area contributed by atoms with E-state index in [4.69, 9.17) is 0 Å². The lowest BCUT2D eigenvalue weighted by molar-refractivity contribution is 0.432. The molecule has 1 saturated carbocycles. The lowest BCUT2D eigenvalue weighted by atomic mass is 10.00. The molecule has 5 nitrogen and oxygen atoms in total. The average Bonchev–Trinajstić information content (AvgIpc) is 2.93. The van der Waals surface area contributed by atoms with Gasteiger partial charge in [-0.05, 0) is 30.9 Å². The number of hydrogen-bond donors (Lipinski definition) is 2. The van der Waals surface area contributed by atoms with Gasteiger partial charge in [0, 0.05) is 18.3 Å². The minimum Gasteiger partial charge on any atom is -0.493 e. The van der Waals surface area contributed by atoms with E-state index >= 15 is 0 Å². The molecule has 0 saturated heterocycles. The Balaban J connectivity index is 1.90. The summed E-state index contributed by atoms with van der Waals surface area (Å²) in [5.41, 5.74) is 1.05. The summed E-state index contributed by atoms with van der Waals surface area (Å²) < 4.78 is 0. The minimum atomic E-state index is -0.213. The third-order valence-corrected chi connectivity index (χ3v) is 3.82. The lowest BCUT2D eigenvalue weighted by Crippen LogP contribution is -2.19. The normalized spacial score (nSPS) is 15.6. The van der Waals surface area contributed by atoms with Crippen molar-refractivity contribution in [2.75, 3.05) is 0 Å². The molecule has 2 heterocycles. The molecule has 2 aromatic rings. The summed E-state index contributed by atoms with van der Waals surface area (Å²) in [5, 5.41) is 10.1. The summed E-state index contributed by atoms with van der Waals surface area (Å²) in [6, 6.07) is 5.58. The number of nitrogens with zero attached hydrogens (tertiary/aromatic N) is 2. The zero-order valence-corrected chi connectivity index (χ0v) is 11.2. The SMILES string of the molecule is O=c1[nH]c(Cc2ccccn2)nc(O)c1C1CCCC1. The van der Waals surface area contributed by atoms with Crippen LogP contribution >= 0.6 is 0 Å². The zero-order chi connectivity index (χ0) is 13.9. The fraction of sp³-hybridized carbons (Fsp3) is 0.400. The van der Waals surface area contributed by atoms with Crippen LogP contribution in [0.2, 0.25) is 0 Å². The fourth-order valence-electron chi connectivity index (χ4n) is 2.86. The van der Waals surface area contributed by atoms with E-state index in [1.807, 2.05) is 18.2 Å². The van der Waals surface area contributed by atoms with Gasteiger partial charge in [-0.1, -0.05) is 18.9 Å². The Bertz CT molecular complexity index is 646. The first-order valence-electron chi connectivity index (χ1n) is 6.96. The van der Waals surface area contributed by atoms with Gasteiger partial charge in [0.05, 0.1) is 5.56 Å². The van der Waals surface area contributed by atoms with Crippen molar-refractivity contribution in [3.05, 3.63) is 51.8 Å². The quantitative estimate of drug-likeness (QED) is 0.896. The smallest absolute Gasteiger partial charge is 0.258 e. The molecule has 0 spiro atoms. The maximum Gasteiger partial charge on any atom is 0.258 e. The Morgan fingerprint density at radius 3 is 2.75 bits per heavy atom. The van der Waals surface area contributed by atoms with E-state index in [0.717, 1.165) is 31.4 Å². The third-order valence-electron chi connectivity index (χ3n) is 3.82. The predicted octanol–water partition coefficient (Wildman–Crippen LogP) is 2.12. The van der Waals surface area contributed by atoms with Crippen molar-refractivity contribution in [3.8, 4) is 5.88 Å². The van der Waals surface area contributed by atoms with E-state index in [-0.39, 0.29) is 17.4 Å². The Morgan fingerprint density at radius 2 is 2.10 bits per heavy atom. The van der Waals surface area contributed by atoms with Crippen molar-refractivity contribution in [3.63, 3.8) is 0 Å². The number of aromatic amines is 1. The second kappa shape index (κ2) is 5.45. The molecule has 20 heavy (non-hydrogen) atoms. The first-order chi connectivity index (χ1) is 9.74. The van der Waals surface area contributed by atoms with Gasteiger partial charge >= 0.3 is 0 Å². The molecule has 5 heteroatoms. The van der Waals surface area contributed by atoms with Crippen molar-refractivity contribution < 1.29 is 5.11 Å². The van der Waals surface area contributed by atoms with Gasteiger partial charge in [0.25, 0.3) is 5.56 Å². The summed E-state index contributed by atoms with van der Waals surface area (Å²) >= 11 is 0. The molecule has 1 aliphatic rings. The molecule has 0 aliphatic heterocycles. The highest BCUT2D eigenvalue weighted by molar-refractivity contribution is 5.28. The minimum absolute atomic E-state index is 0.119. The summed E-state index contributed by atoms with van der Waals surface area (Å²) in [7, 11) is 0. The highest BCUT2D eigenvalue weighted by Crippen LogP contribution is 2.35. The van der Waals surface area contributed by atoms with Gasteiger partial charge in [-0.15, -0.1) is 0 Å². The van der Waals surface area contributed by atoms with E-state index in [1.165, 1.54) is 0 Å². The first-order valence-corrected chi connectivity index (χ1v) is 6.96. The van der Waals surface area contributed by atoms with Gasteiger partial charge in [0.2, 0.25) is 5.88 Å². The second-order valence-electron chi connectivity index (χ2n) is 5.23. The molecule has 0 radical (unpaired) electrons. The molecule has 2 aromatic heterocycles. The van der Waals surface area contributed by atoms with E-state index in [2.05, 4.69) is 15.0 Å². The van der Waals surface area contributed by atoms with E-state index in [9.17, 15) is 9.90 Å². The molecule has 0 unspecified atom stereocenters. The molecule has 0 atom stereocenters. The number of aromatic nitrogens is 3. The molecule has 1 aliphatic carbocycles. The summed E-state index contributed by atoms with van der Waals surface area (Å²) in [6.07, 6.45) is 6.24. The zero-order valence-electron chi connectivity index (χ0n) is 11.2. The lowest BCUT2D eigenvalue weighted by Gasteiger charge is -2.10. The van der Waals surface area contributed by atoms with Gasteiger partial charge in [-0.3, -0.25) is 9.78 Å². The number of H-pyrrole nitrogens is 1. The van der Waals surface area contributed by atoms with Crippen molar-refractivity contribution in [1.82, 2.24) is 15.0 Å². The number of pyridine rings is 1. The number of nitrogens with one attached hydrogen (secondary N) is 1. The van der Waals surface area contributed by atoms with Crippen LogP contribution in [0.15, 0.2) is 29.2 Å². The van der Waals surface area contributed by atoms with Crippen molar-refractivity contribution in [2.24, 2.45) is 0 Å². The standard InChI is InChI=1S/C15H17N3O2/c19-14-13(10-5-1-2-6-10)15(20)18-12(17-14)9-11-7-3-4-8-16-11/h3-4,7-8,10H,1-2,5-6,9H2,(H2,17,18,19,20). The van der Waals surface area contributed by atoms with Crippen LogP contribution in [0.3, 0.4) is 0 Å². The fourth-order valence-corrected chi connectivity index (χ4v) is 2.86. The largest absolute Gasteiger partial charge is 0.493 e. The maximum absolute atomic E-state index is 12.2. The summed E-state index contributed by atoms with van der Waals surface area (Å²) in [6.45, 7) is 0. The highest BCUT2D eigenvalue weighted by atomic mass is 16.3. The van der Waals surface area contributed by atoms with Gasteiger partial charge in [0.15, 0.2) is 0 Å². The van der Waals surface area contributed by atoms with Crippen LogP contribution in [0.1, 0.15) is 48.7 Å². The van der Waals surface area contributed by atoms with Crippen LogP contribution in [-0.2, 0) is 6.42 Å². The monoisotopic (exact) mass is 271 g/mol. The molecule has 0 aromatic carbocycles. The Kier molecular flexibility index (Phi) is 3.50. The van der Waals surface area contributed by atoms with Crippen LogP contribution < -0.4 is 5.56 Å². The van der Waals surface area contributed by atoms with Crippen LogP contribution in [0.4, 0.5) is 0 Å². The van der Waals surface area contributed by atoms with Crippen molar-refractivity contribution in [1.29, 1.82) is 0 Å². The average molecular weight is 271 g/mol. The van der Waals surface area contributed by atoms with Crippen LogP contribution in [-0.4, -0.2) is 20.1 Å². The predicted molar refractivity (Wildman–Crippen MR) is 74.8 cm³/mol.